The van der Waals surface area contributed by atoms with Gasteiger partial charge in [0.1, 0.15) is 0 Å². The van der Waals surface area contributed by atoms with E-state index in [0.29, 0.717) is 31.2 Å². The van der Waals surface area contributed by atoms with E-state index in [1.807, 2.05) is 38.2 Å². The number of aryl methyl sites for hydroxylation is 2. The predicted octanol–water partition coefficient (Wildman–Crippen LogP) is 4.26. The maximum atomic E-state index is 12.2. The summed E-state index contributed by atoms with van der Waals surface area (Å²) >= 11 is 0. The topological polar surface area (TPSA) is 72.4 Å². The van der Waals surface area contributed by atoms with E-state index >= 15 is 0 Å². The maximum Gasteiger partial charge on any atom is 0.222 e. The Bertz CT molecular complexity index is 687. The second kappa shape index (κ2) is 12.0. The highest BCUT2D eigenvalue weighted by molar-refractivity contribution is 5.85. The van der Waals surface area contributed by atoms with Crippen molar-refractivity contribution in [3.05, 3.63) is 41.9 Å². The van der Waals surface area contributed by atoms with Crippen molar-refractivity contribution in [1.29, 1.82) is 0 Å². The summed E-state index contributed by atoms with van der Waals surface area (Å²) in [6, 6.07) is 8.22. The third-order valence-electron chi connectivity index (χ3n) is 4.52. The maximum absolute atomic E-state index is 12.2. The molecular formula is C20H31Cl2N3O2. The minimum Gasteiger partial charge on any atom is -0.441 e. The molecule has 1 aromatic carbocycles. The van der Waals surface area contributed by atoms with Gasteiger partial charge in [0.05, 0.1) is 6.20 Å². The van der Waals surface area contributed by atoms with Crippen molar-refractivity contribution >= 4 is 30.7 Å². The fourth-order valence-corrected chi connectivity index (χ4v) is 2.48. The lowest BCUT2D eigenvalue weighted by atomic mass is 10.0. The molecule has 27 heavy (non-hydrogen) atoms. The average Bonchev–Trinajstić information content (AvgIpc) is 3.06. The fourth-order valence-electron chi connectivity index (χ4n) is 2.48. The first kappa shape index (κ1) is 25.4. The average molecular weight is 416 g/mol. The van der Waals surface area contributed by atoms with Gasteiger partial charge in [-0.05, 0) is 19.3 Å². The van der Waals surface area contributed by atoms with Crippen molar-refractivity contribution in [1.82, 2.24) is 9.88 Å². The Balaban J connectivity index is 0.00000338. The van der Waals surface area contributed by atoms with Crippen LogP contribution in [0, 0.1) is 12.8 Å². The molecule has 0 radical (unpaired) electrons. The van der Waals surface area contributed by atoms with Gasteiger partial charge in [0.15, 0.2) is 11.7 Å². The molecule has 152 valence electrons. The van der Waals surface area contributed by atoms with E-state index in [4.69, 9.17) is 10.2 Å². The van der Waals surface area contributed by atoms with Gasteiger partial charge in [0, 0.05) is 38.0 Å². The number of carbonyl (C=O) groups excluding carboxylic acids is 1. The minimum absolute atomic E-state index is 0. The third-order valence-corrected chi connectivity index (χ3v) is 4.52. The number of nitrogens with zero attached hydrogens (tertiary/aromatic N) is 2. The summed E-state index contributed by atoms with van der Waals surface area (Å²) in [6.07, 6.45) is 3.43. The molecule has 0 saturated carbocycles. The molecule has 1 heterocycles. The summed E-state index contributed by atoms with van der Waals surface area (Å²) in [4.78, 5) is 18.3. The molecule has 2 aromatic rings. The number of aromatic nitrogens is 1. The van der Waals surface area contributed by atoms with Gasteiger partial charge in [-0.3, -0.25) is 4.79 Å². The van der Waals surface area contributed by atoms with Gasteiger partial charge in [-0.25, -0.2) is 4.98 Å². The monoisotopic (exact) mass is 415 g/mol. The van der Waals surface area contributed by atoms with E-state index in [0.717, 1.165) is 17.7 Å². The summed E-state index contributed by atoms with van der Waals surface area (Å²) < 4.78 is 5.77. The highest BCUT2D eigenvalue weighted by Crippen LogP contribution is 2.21. The molecule has 0 fully saturated rings. The van der Waals surface area contributed by atoms with E-state index in [1.54, 1.807) is 11.1 Å². The summed E-state index contributed by atoms with van der Waals surface area (Å²) in [6.45, 7) is 6.92. The van der Waals surface area contributed by atoms with E-state index in [2.05, 4.69) is 18.8 Å². The normalized spacial score (nSPS) is 11.5. The zero-order chi connectivity index (χ0) is 18.4. The van der Waals surface area contributed by atoms with Gasteiger partial charge in [-0.15, -0.1) is 24.8 Å². The second-order valence-corrected chi connectivity index (χ2v) is 7.00. The van der Waals surface area contributed by atoms with Crippen molar-refractivity contribution in [2.75, 3.05) is 13.6 Å². The number of carbonyl (C=O) groups is 1. The SMILES string of the molecule is Cc1ccc(-c2cnc(CCC(=O)N(C)CCC(N)C(C)C)o2)cc1.Cl.Cl. The molecule has 0 saturated heterocycles. The lowest BCUT2D eigenvalue weighted by Gasteiger charge is -2.21. The van der Waals surface area contributed by atoms with Crippen LogP contribution in [0.5, 0.6) is 0 Å². The molecule has 0 bridgehead atoms. The first-order valence-corrected chi connectivity index (χ1v) is 8.88. The molecule has 1 amide bonds. The Morgan fingerprint density at radius 2 is 1.85 bits per heavy atom. The number of halogens is 2. The zero-order valence-corrected chi connectivity index (χ0v) is 18.1. The van der Waals surface area contributed by atoms with Crippen molar-refractivity contribution in [3.63, 3.8) is 0 Å². The number of benzene rings is 1. The molecule has 7 heteroatoms. The predicted molar refractivity (Wildman–Crippen MR) is 115 cm³/mol. The summed E-state index contributed by atoms with van der Waals surface area (Å²) in [5, 5.41) is 0. The molecule has 0 aliphatic carbocycles. The van der Waals surface area contributed by atoms with Crippen LogP contribution < -0.4 is 5.73 Å². The summed E-state index contributed by atoms with van der Waals surface area (Å²) in [5.74, 6) is 1.84. The van der Waals surface area contributed by atoms with Gasteiger partial charge in [0.25, 0.3) is 0 Å². The molecular weight excluding hydrogens is 385 g/mol. The van der Waals surface area contributed by atoms with Crippen LogP contribution in [-0.2, 0) is 11.2 Å². The lowest BCUT2D eigenvalue weighted by molar-refractivity contribution is -0.130. The third kappa shape index (κ3) is 7.91. The molecule has 0 aliphatic heterocycles. The highest BCUT2D eigenvalue weighted by Gasteiger charge is 2.14. The Hall–Kier alpha value is -1.56. The first-order valence-electron chi connectivity index (χ1n) is 8.88. The lowest BCUT2D eigenvalue weighted by Crippen LogP contribution is -2.34. The Morgan fingerprint density at radius 3 is 2.44 bits per heavy atom. The van der Waals surface area contributed by atoms with E-state index < -0.39 is 0 Å². The molecule has 5 nitrogen and oxygen atoms in total. The first-order chi connectivity index (χ1) is 11.9. The number of oxazole rings is 1. The van der Waals surface area contributed by atoms with Gasteiger partial charge < -0.3 is 15.1 Å². The molecule has 2 rings (SSSR count). The number of rotatable bonds is 8. The van der Waals surface area contributed by atoms with Crippen molar-refractivity contribution < 1.29 is 9.21 Å². The zero-order valence-electron chi connectivity index (χ0n) is 16.5. The van der Waals surface area contributed by atoms with Crippen LogP contribution in [0.4, 0.5) is 0 Å². The van der Waals surface area contributed by atoms with Crippen LogP contribution in [0.3, 0.4) is 0 Å². The smallest absolute Gasteiger partial charge is 0.222 e. The fraction of sp³-hybridized carbons (Fsp3) is 0.500. The Labute approximate surface area is 174 Å². The van der Waals surface area contributed by atoms with Crippen molar-refractivity contribution in [2.24, 2.45) is 11.7 Å². The number of nitrogens with two attached hydrogens (primary N) is 1. The standard InChI is InChI=1S/C20H29N3O2.2ClH/c1-14(2)17(21)11-12-23(4)20(24)10-9-19-22-13-18(25-19)16-7-5-15(3)6-8-16;;/h5-8,13-14,17H,9-12,21H2,1-4H3;2*1H. The quantitative estimate of drug-likeness (QED) is 0.698. The highest BCUT2D eigenvalue weighted by atomic mass is 35.5. The van der Waals surface area contributed by atoms with Gasteiger partial charge in [-0.1, -0.05) is 43.7 Å². The van der Waals surface area contributed by atoms with Gasteiger partial charge in [0.2, 0.25) is 5.91 Å². The summed E-state index contributed by atoms with van der Waals surface area (Å²) in [7, 11) is 1.82. The molecule has 0 spiro atoms. The molecule has 2 N–H and O–H groups in total. The van der Waals surface area contributed by atoms with Crippen LogP contribution in [0.15, 0.2) is 34.9 Å². The number of amides is 1. The van der Waals surface area contributed by atoms with Crippen LogP contribution in [-0.4, -0.2) is 35.4 Å². The van der Waals surface area contributed by atoms with Crippen molar-refractivity contribution in [2.45, 2.75) is 46.1 Å². The van der Waals surface area contributed by atoms with E-state index in [9.17, 15) is 4.79 Å². The van der Waals surface area contributed by atoms with Crippen LogP contribution >= 0.6 is 24.8 Å². The Kier molecular flexibility index (Phi) is 11.3. The molecule has 1 unspecified atom stereocenters. The van der Waals surface area contributed by atoms with Crippen LogP contribution in [0.2, 0.25) is 0 Å². The van der Waals surface area contributed by atoms with E-state index in [-0.39, 0.29) is 36.8 Å². The van der Waals surface area contributed by atoms with Crippen LogP contribution in [0.25, 0.3) is 11.3 Å². The second-order valence-electron chi connectivity index (χ2n) is 7.00. The number of hydrogen-bond donors (Lipinski definition) is 1. The van der Waals surface area contributed by atoms with Gasteiger partial charge >= 0.3 is 0 Å². The molecule has 1 aromatic heterocycles. The molecule has 0 aliphatic rings. The van der Waals surface area contributed by atoms with Gasteiger partial charge in [-0.2, -0.15) is 0 Å². The van der Waals surface area contributed by atoms with Crippen molar-refractivity contribution in [3.8, 4) is 11.3 Å². The minimum atomic E-state index is 0. The number of hydrogen-bond acceptors (Lipinski definition) is 4. The molecule has 1 atom stereocenters. The summed E-state index contributed by atoms with van der Waals surface area (Å²) in [5.41, 5.74) is 8.23. The Morgan fingerprint density at radius 1 is 1.22 bits per heavy atom. The largest absolute Gasteiger partial charge is 0.441 e. The van der Waals surface area contributed by atoms with Crippen LogP contribution in [0.1, 0.15) is 38.1 Å². The van der Waals surface area contributed by atoms with E-state index in [1.165, 1.54) is 5.56 Å².